The summed E-state index contributed by atoms with van der Waals surface area (Å²) in [6, 6.07) is 4.52. The number of nitrogens with zero attached hydrogens (tertiary/aromatic N) is 2. The summed E-state index contributed by atoms with van der Waals surface area (Å²) >= 11 is 0. The molecule has 0 unspecified atom stereocenters. The smallest absolute Gasteiger partial charge is 0.257 e. The van der Waals surface area contributed by atoms with E-state index in [-0.39, 0.29) is 10.8 Å². The van der Waals surface area contributed by atoms with E-state index in [4.69, 9.17) is 4.74 Å². The number of likely N-dealkylation sites (tertiary alicyclic amines) is 1. The van der Waals surface area contributed by atoms with Gasteiger partial charge in [0.15, 0.2) is 0 Å². The van der Waals surface area contributed by atoms with Crippen LogP contribution in [0.4, 0.5) is 0 Å². The topological polar surface area (TPSA) is 66.9 Å². The second-order valence-corrected chi connectivity index (χ2v) is 8.36. The largest absolute Gasteiger partial charge is 0.496 e. The fourth-order valence-electron chi connectivity index (χ4n) is 3.11. The third-order valence-corrected chi connectivity index (χ3v) is 6.86. The van der Waals surface area contributed by atoms with Crippen molar-refractivity contribution in [2.75, 3.05) is 33.3 Å². The van der Waals surface area contributed by atoms with Gasteiger partial charge in [0.1, 0.15) is 5.75 Å². The highest BCUT2D eigenvalue weighted by Gasteiger charge is 2.27. The van der Waals surface area contributed by atoms with E-state index in [1.165, 1.54) is 23.5 Å². The molecule has 2 rings (SSSR count). The van der Waals surface area contributed by atoms with Crippen molar-refractivity contribution in [2.45, 2.75) is 38.5 Å². The first kappa shape index (κ1) is 19.7. The molecule has 0 aromatic heterocycles. The van der Waals surface area contributed by atoms with E-state index >= 15 is 0 Å². The second kappa shape index (κ2) is 8.19. The number of rotatable bonds is 6. The lowest BCUT2D eigenvalue weighted by Crippen LogP contribution is -2.38. The van der Waals surface area contributed by atoms with Gasteiger partial charge in [-0.1, -0.05) is 20.8 Å². The molecule has 0 radical (unpaired) electrons. The highest BCUT2D eigenvalue weighted by molar-refractivity contribution is 7.89. The van der Waals surface area contributed by atoms with Gasteiger partial charge in [-0.2, -0.15) is 4.31 Å². The molecule has 0 N–H and O–H groups in total. The first-order chi connectivity index (χ1) is 11.8. The normalized spacial score (nSPS) is 16.3. The van der Waals surface area contributed by atoms with E-state index in [0.29, 0.717) is 43.4 Å². The molecule has 1 aliphatic rings. The Labute approximate surface area is 150 Å². The molecule has 6 nitrogen and oxygen atoms in total. The van der Waals surface area contributed by atoms with Crippen molar-refractivity contribution in [1.29, 1.82) is 0 Å². The van der Waals surface area contributed by atoms with Crippen LogP contribution < -0.4 is 4.74 Å². The van der Waals surface area contributed by atoms with E-state index in [1.807, 2.05) is 0 Å². The number of amides is 1. The van der Waals surface area contributed by atoms with Crippen LogP contribution in [0, 0.1) is 5.92 Å². The van der Waals surface area contributed by atoms with Crippen LogP contribution in [-0.2, 0) is 10.0 Å². The molecule has 140 valence electrons. The Bertz CT molecular complexity index is 706. The first-order valence-corrected chi connectivity index (χ1v) is 10.3. The third-order valence-electron chi connectivity index (χ3n) is 4.82. The molecule has 1 aromatic rings. The standard InChI is InChI=1S/C18H28N2O4S/c1-5-20(6-2)25(22,23)15-7-8-17(24-4)16(13-15)18(21)19-11-9-14(3)10-12-19/h7-8,13-14H,5-6,9-12H2,1-4H3. The molecular formula is C18H28N2O4S. The van der Waals surface area contributed by atoms with Crippen LogP contribution in [0.15, 0.2) is 23.1 Å². The quantitative estimate of drug-likeness (QED) is 0.774. The zero-order chi connectivity index (χ0) is 18.6. The van der Waals surface area contributed by atoms with Crippen LogP contribution in [0.25, 0.3) is 0 Å². The van der Waals surface area contributed by atoms with Gasteiger partial charge in [0.25, 0.3) is 5.91 Å². The molecule has 0 bridgehead atoms. The second-order valence-electron chi connectivity index (χ2n) is 6.43. The SMILES string of the molecule is CCN(CC)S(=O)(=O)c1ccc(OC)c(C(=O)N2CCC(C)CC2)c1. The van der Waals surface area contributed by atoms with Crippen LogP contribution in [-0.4, -0.2) is 56.8 Å². The highest BCUT2D eigenvalue weighted by Crippen LogP contribution is 2.27. The van der Waals surface area contributed by atoms with Crippen LogP contribution >= 0.6 is 0 Å². The Hall–Kier alpha value is -1.60. The monoisotopic (exact) mass is 368 g/mol. The predicted molar refractivity (Wildman–Crippen MR) is 97.4 cm³/mol. The van der Waals surface area contributed by atoms with Crippen molar-refractivity contribution in [2.24, 2.45) is 5.92 Å². The average Bonchev–Trinajstić information content (AvgIpc) is 2.62. The van der Waals surface area contributed by atoms with Crippen molar-refractivity contribution in [1.82, 2.24) is 9.21 Å². The summed E-state index contributed by atoms with van der Waals surface area (Å²) < 4.78 is 32.2. The Morgan fingerprint density at radius 1 is 1.24 bits per heavy atom. The molecule has 0 saturated carbocycles. The van der Waals surface area contributed by atoms with Gasteiger partial charge < -0.3 is 9.64 Å². The number of ether oxygens (including phenoxy) is 1. The van der Waals surface area contributed by atoms with E-state index in [9.17, 15) is 13.2 Å². The van der Waals surface area contributed by atoms with E-state index < -0.39 is 10.0 Å². The molecule has 1 aromatic carbocycles. The Morgan fingerprint density at radius 2 is 1.84 bits per heavy atom. The summed E-state index contributed by atoms with van der Waals surface area (Å²) in [4.78, 5) is 14.8. The fraction of sp³-hybridized carbons (Fsp3) is 0.611. The Balaban J connectivity index is 2.39. The van der Waals surface area contributed by atoms with E-state index in [2.05, 4.69) is 6.92 Å². The number of piperidine rings is 1. The summed E-state index contributed by atoms with van der Waals surface area (Å²) in [6.45, 7) is 7.93. The lowest BCUT2D eigenvalue weighted by molar-refractivity contribution is 0.0693. The third kappa shape index (κ3) is 4.15. The minimum atomic E-state index is -3.61. The van der Waals surface area contributed by atoms with Gasteiger partial charge >= 0.3 is 0 Å². The lowest BCUT2D eigenvalue weighted by Gasteiger charge is -2.30. The Morgan fingerprint density at radius 3 is 2.36 bits per heavy atom. The van der Waals surface area contributed by atoms with Crippen LogP contribution in [0.2, 0.25) is 0 Å². The van der Waals surface area contributed by atoms with Crippen molar-refractivity contribution in [3.63, 3.8) is 0 Å². The number of carbonyl (C=O) groups excluding carboxylic acids is 1. The maximum atomic E-state index is 12.9. The number of hydrogen-bond donors (Lipinski definition) is 0. The maximum absolute atomic E-state index is 12.9. The molecule has 1 heterocycles. The van der Waals surface area contributed by atoms with E-state index in [0.717, 1.165) is 12.8 Å². The highest BCUT2D eigenvalue weighted by atomic mass is 32.2. The number of carbonyl (C=O) groups is 1. The fourth-order valence-corrected chi connectivity index (χ4v) is 4.59. The van der Waals surface area contributed by atoms with Crippen LogP contribution in [0.1, 0.15) is 44.0 Å². The number of methoxy groups -OCH3 is 1. The zero-order valence-electron chi connectivity index (χ0n) is 15.5. The molecule has 1 aliphatic heterocycles. The average molecular weight is 368 g/mol. The minimum absolute atomic E-state index is 0.130. The number of benzene rings is 1. The molecule has 0 spiro atoms. The maximum Gasteiger partial charge on any atom is 0.257 e. The lowest BCUT2D eigenvalue weighted by atomic mass is 9.98. The van der Waals surface area contributed by atoms with Gasteiger partial charge in [-0.3, -0.25) is 4.79 Å². The molecule has 1 fully saturated rings. The van der Waals surface area contributed by atoms with Gasteiger partial charge in [-0.05, 0) is 37.0 Å². The molecule has 1 saturated heterocycles. The predicted octanol–water partition coefficient (Wildman–Crippen LogP) is 2.60. The zero-order valence-corrected chi connectivity index (χ0v) is 16.3. The summed E-state index contributed by atoms with van der Waals surface area (Å²) in [5, 5.41) is 0. The molecule has 0 atom stereocenters. The summed E-state index contributed by atoms with van der Waals surface area (Å²) in [5.74, 6) is 0.850. The molecule has 7 heteroatoms. The summed E-state index contributed by atoms with van der Waals surface area (Å²) in [6.07, 6.45) is 1.93. The van der Waals surface area contributed by atoms with Gasteiger partial charge in [-0.15, -0.1) is 0 Å². The minimum Gasteiger partial charge on any atom is -0.496 e. The number of sulfonamides is 1. The van der Waals surface area contributed by atoms with Crippen LogP contribution in [0.3, 0.4) is 0 Å². The number of hydrogen-bond acceptors (Lipinski definition) is 4. The first-order valence-electron chi connectivity index (χ1n) is 8.82. The molecule has 0 aliphatic carbocycles. The van der Waals surface area contributed by atoms with Crippen molar-refractivity contribution < 1.29 is 17.9 Å². The van der Waals surface area contributed by atoms with Crippen molar-refractivity contribution in [3.05, 3.63) is 23.8 Å². The van der Waals surface area contributed by atoms with Crippen molar-refractivity contribution >= 4 is 15.9 Å². The Kier molecular flexibility index (Phi) is 6.46. The van der Waals surface area contributed by atoms with E-state index in [1.54, 1.807) is 24.8 Å². The van der Waals surface area contributed by atoms with Gasteiger partial charge in [0.05, 0.1) is 17.6 Å². The molecule has 1 amide bonds. The van der Waals surface area contributed by atoms with Gasteiger partial charge in [-0.25, -0.2) is 8.42 Å². The summed E-state index contributed by atoms with van der Waals surface area (Å²) in [7, 11) is -2.13. The molecule has 25 heavy (non-hydrogen) atoms. The van der Waals surface area contributed by atoms with Gasteiger partial charge in [0, 0.05) is 26.2 Å². The summed E-state index contributed by atoms with van der Waals surface area (Å²) in [5.41, 5.74) is 0.310. The van der Waals surface area contributed by atoms with Gasteiger partial charge in [0.2, 0.25) is 10.0 Å². The molecular weight excluding hydrogens is 340 g/mol. The van der Waals surface area contributed by atoms with Crippen molar-refractivity contribution in [3.8, 4) is 5.75 Å². The van der Waals surface area contributed by atoms with Crippen LogP contribution in [0.5, 0.6) is 5.75 Å².